The van der Waals surface area contributed by atoms with Crippen molar-refractivity contribution in [1.82, 2.24) is 0 Å². The number of benzene rings is 1. The fourth-order valence-corrected chi connectivity index (χ4v) is 21.4. The van der Waals surface area contributed by atoms with E-state index in [4.69, 9.17) is 9.05 Å². The molecule has 0 aliphatic heterocycles. The van der Waals surface area contributed by atoms with Gasteiger partial charge in [0.2, 0.25) is 0 Å². The summed E-state index contributed by atoms with van der Waals surface area (Å²) in [7, 11) is -3.18. The van der Waals surface area contributed by atoms with Crippen LogP contribution in [0.25, 0.3) is 0 Å². The predicted octanol–water partition coefficient (Wildman–Crippen LogP) is 6.63. The van der Waals surface area contributed by atoms with Crippen molar-refractivity contribution >= 4 is 34.9 Å². The van der Waals surface area contributed by atoms with Crippen molar-refractivity contribution in [1.29, 1.82) is 0 Å². The third-order valence-corrected chi connectivity index (χ3v) is 23.2. The summed E-state index contributed by atoms with van der Waals surface area (Å²) in [6.45, 7) is 11.4. The van der Waals surface area contributed by atoms with Crippen LogP contribution >= 0.6 is 7.60 Å². The molecule has 0 aliphatic carbocycles. The number of hydrogen-bond donors (Lipinski definition) is 0. The topological polar surface area (TPSA) is 35.5 Å². The summed E-state index contributed by atoms with van der Waals surface area (Å²) in [6.07, 6.45) is 7.88. The zero-order valence-electron chi connectivity index (χ0n) is 18.3. The van der Waals surface area contributed by atoms with Crippen LogP contribution < -0.4 is 8.88 Å². The van der Waals surface area contributed by atoms with Crippen LogP contribution in [0.2, 0.25) is 13.3 Å². The van der Waals surface area contributed by atoms with Gasteiger partial charge in [-0.3, -0.25) is 0 Å². The van der Waals surface area contributed by atoms with Gasteiger partial charge in [-0.2, -0.15) is 0 Å². The number of unbranched alkanes of at least 4 members (excludes halogenated alkanes) is 3. The van der Waals surface area contributed by atoms with Crippen molar-refractivity contribution in [2.45, 2.75) is 86.5 Å². The molecule has 0 saturated carbocycles. The van der Waals surface area contributed by atoms with Gasteiger partial charge in [-0.15, -0.1) is 0 Å². The van der Waals surface area contributed by atoms with Crippen molar-refractivity contribution in [2.24, 2.45) is 0 Å². The number of rotatable bonds is 15. The maximum absolute atomic E-state index is 13.1. The second kappa shape index (κ2) is 13.4. The molecule has 27 heavy (non-hydrogen) atoms. The van der Waals surface area contributed by atoms with Gasteiger partial charge in [0.05, 0.1) is 0 Å². The first-order valence-corrected chi connectivity index (χ1v) is 20.0. The van der Waals surface area contributed by atoms with E-state index in [2.05, 4.69) is 32.9 Å². The van der Waals surface area contributed by atoms with E-state index < -0.39 is 26.0 Å². The molecule has 0 unspecified atom stereocenters. The van der Waals surface area contributed by atoms with Gasteiger partial charge in [0.25, 0.3) is 0 Å². The average Bonchev–Trinajstić information content (AvgIpc) is 2.68. The van der Waals surface area contributed by atoms with Crippen LogP contribution in [0.5, 0.6) is 0 Å². The van der Waals surface area contributed by atoms with Gasteiger partial charge < -0.3 is 0 Å². The molecule has 1 aromatic rings. The van der Waals surface area contributed by atoms with Crippen LogP contribution in [-0.4, -0.2) is 31.6 Å². The summed E-state index contributed by atoms with van der Waals surface area (Å²) in [5, 5.41) is 0.705. The van der Waals surface area contributed by atoms with Crippen molar-refractivity contribution in [2.75, 3.05) is 13.2 Å². The van der Waals surface area contributed by atoms with Crippen molar-refractivity contribution < 1.29 is 13.6 Å². The maximum atomic E-state index is 13.1. The Kier molecular flexibility index (Phi) is 12.5. The van der Waals surface area contributed by atoms with Gasteiger partial charge in [0, 0.05) is 0 Å². The van der Waals surface area contributed by atoms with Crippen molar-refractivity contribution in [3.8, 4) is 0 Å². The Morgan fingerprint density at radius 2 is 1.15 bits per heavy atom. The Morgan fingerprint density at radius 3 is 1.48 bits per heavy atom. The first kappa shape index (κ1) is 25.2. The zero-order chi connectivity index (χ0) is 20.2. The molecule has 0 heterocycles. The van der Waals surface area contributed by atoms with Crippen molar-refractivity contribution in [3.63, 3.8) is 0 Å². The molecule has 1 rings (SSSR count). The minimum atomic E-state index is -3.18. The van der Waals surface area contributed by atoms with Crippen molar-refractivity contribution in [3.05, 3.63) is 24.3 Å². The summed E-state index contributed by atoms with van der Waals surface area (Å²) < 4.78 is 30.0. The van der Waals surface area contributed by atoms with E-state index in [0.717, 1.165) is 0 Å². The second-order valence-electron chi connectivity index (χ2n) is 7.47. The SMILES string of the molecule is CCC[CH2][Sn]([CH2]CCC)([CH2]CCC)[c]1ccc(P(=O)(OCC)OCC)cc1. The molecule has 0 N–H and O–H groups in total. The van der Waals surface area contributed by atoms with E-state index >= 15 is 0 Å². The summed E-state index contributed by atoms with van der Waals surface area (Å²) in [4.78, 5) is 0. The Hall–Kier alpha value is 0.169. The van der Waals surface area contributed by atoms with E-state index in [9.17, 15) is 4.57 Å². The molecule has 0 atom stereocenters. The minimum absolute atomic E-state index is 0.395. The van der Waals surface area contributed by atoms with Gasteiger partial charge >= 0.3 is 172 Å². The van der Waals surface area contributed by atoms with E-state index in [-0.39, 0.29) is 0 Å². The van der Waals surface area contributed by atoms with Gasteiger partial charge in [-0.1, -0.05) is 0 Å². The van der Waals surface area contributed by atoms with E-state index in [1.54, 1.807) is 3.58 Å². The molecular formula is C22H41O3PSn. The summed E-state index contributed by atoms with van der Waals surface area (Å²) in [5.74, 6) is 0. The Morgan fingerprint density at radius 1 is 0.741 bits per heavy atom. The van der Waals surface area contributed by atoms with Crippen LogP contribution in [0.1, 0.15) is 73.1 Å². The molecule has 3 nitrogen and oxygen atoms in total. The summed E-state index contributed by atoms with van der Waals surface area (Å²) in [5.41, 5.74) is 0. The molecule has 0 saturated heterocycles. The molecule has 0 aliphatic rings. The quantitative estimate of drug-likeness (QED) is 0.199. The Balaban J connectivity index is 3.22. The molecule has 156 valence electrons. The average molecular weight is 503 g/mol. The van der Waals surface area contributed by atoms with Crippen LogP contribution in [0, 0.1) is 0 Å². The normalized spacial score (nSPS) is 12.5. The summed E-state index contributed by atoms with van der Waals surface area (Å²) in [6, 6.07) is 8.60. The van der Waals surface area contributed by atoms with Gasteiger partial charge in [0.15, 0.2) is 0 Å². The van der Waals surface area contributed by atoms with Crippen LogP contribution in [0.15, 0.2) is 24.3 Å². The third kappa shape index (κ3) is 7.49. The standard InChI is InChI=1S/C10H14O3P.3C4H9.Sn/c1-3-12-14(11,13-4-2)10-8-6-5-7-9-10;3*1-3-4-2;/h6-9H,3-4H2,1-2H3;3*1,3-4H2,2H3;. The van der Waals surface area contributed by atoms with Crippen LogP contribution in [-0.2, 0) is 13.6 Å². The van der Waals surface area contributed by atoms with E-state index in [0.29, 0.717) is 18.5 Å². The fraction of sp³-hybridized carbons (Fsp3) is 0.727. The van der Waals surface area contributed by atoms with Crippen LogP contribution in [0.4, 0.5) is 0 Å². The molecule has 0 fully saturated rings. The first-order chi connectivity index (χ1) is 13.0. The van der Waals surface area contributed by atoms with Crippen LogP contribution in [0.3, 0.4) is 0 Å². The Bertz CT molecular complexity index is 527. The molecule has 0 radical (unpaired) electrons. The molecule has 0 amide bonds. The van der Waals surface area contributed by atoms with Gasteiger partial charge in [0.1, 0.15) is 0 Å². The molecule has 0 aromatic heterocycles. The molecule has 0 bridgehead atoms. The second-order valence-corrected chi connectivity index (χ2v) is 22.7. The van der Waals surface area contributed by atoms with Gasteiger partial charge in [-0.25, -0.2) is 0 Å². The first-order valence-electron chi connectivity index (χ1n) is 11.0. The fourth-order valence-electron chi connectivity index (χ4n) is 3.88. The van der Waals surface area contributed by atoms with E-state index in [1.807, 2.05) is 26.0 Å². The summed E-state index contributed by atoms with van der Waals surface area (Å²) >= 11 is -2.43. The molecule has 1 aromatic carbocycles. The molecule has 0 spiro atoms. The molecule has 5 heteroatoms. The zero-order valence-corrected chi connectivity index (χ0v) is 22.0. The molecular weight excluding hydrogens is 462 g/mol. The van der Waals surface area contributed by atoms with Gasteiger partial charge in [-0.05, 0) is 0 Å². The number of hydrogen-bond acceptors (Lipinski definition) is 3. The monoisotopic (exact) mass is 504 g/mol. The Labute approximate surface area is 172 Å². The van der Waals surface area contributed by atoms with E-state index in [1.165, 1.54) is 51.8 Å². The predicted molar refractivity (Wildman–Crippen MR) is 121 cm³/mol. The third-order valence-electron chi connectivity index (χ3n) is 5.42.